The van der Waals surface area contributed by atoms with Crippen LogP contribution in [0.2, 0.25) is 0 Å². The lowest BCUT2D eigenvalue weighted by Gasteiger charge is -2.20. The molecule has 306 valence electrons. The molecule has 0 bridgehead atoms. The fraction of sp³-hybridized carbons (Fsp3) is 0.385. The number of aryl methyl sites for hydroxylation is 2. The topological polar surface area (TPSA) is 93.1 Å². The zero-order valence-corrected chi connectivity index (χ0v) is 36.2. The Kier molecular flexibility index (Phi) is 14.6. The van der Waals surface area contributed by atoms with Crippen LogP contribution < -0.4 is 9.47 Å². The first-order valence-electron chi connectivity index (χ1n) is 21.1. The van der Waals surface area contributed by atoms with Crippen molar-refractivity contribution in [3.8, 4) is 23.0 Å². The van der Waals surface area contributed by atoms with Gasteiger partial charge in [-0.05, 0) is 132 Å². The van der Waals surface area contributed by atoms with Crippen LogP contribution in [0.3, 0.4) is 0 Å². The summed E-state index contributed by atoms with van der Waals surface area (Å²) in [5.74, 6) is 1.17. The fourth-order valence-electron chi connectivity index (χ4n) is 7.64. The van der Waals surface area contributed by atoms with E-state index in [2.05, 4.69) is 55.4 Å². The van der Waals surface area contributed by atoms with Crippen molar-refractivity contribution in [2.75, 3.05) is 0 Å². The van der Waals surface area contributed by atoms with Crippen LogP contribution in [0.15, 0.2) is 84.9 Å². The van der Waals surface area contributed by atoms with E-state index in [1.165, 1.54) is 0 Å². The van der Waals surface area contributed by atoms with Crippen molar-refractivity contribution < 1.29 is 29.3 Å². The highest BCUT2D eigenvalue weighted by Gasteiger charge is 2.24. The Balaban J connectivity index is 1.43. The summed E-state index contributed by atoms with van der Waals surface area (Å²) in [6, 6.07) is 26.3. The van der Waals surface area contributed by atoms with Gasteiger partial charge in [0.2, 0.25) is 0 Å². The lowest BCUT2D eigenvalue weighted by Crippen LogP contribution is -2.15. The van der Waals surface area contributed by atoms with Gasteiger partial charge in [0.1, 0.15) is 23.0 Å². The van der Waals surface area contributed by atoms with E-state index >= 15 is 0 Å². The molecule has 0 fully saturated rings. The summed E-state index contributed by atoms with van der Waals surface area (Å²) in [5.41, 5.74) is 9.64. The van der Waals surface area contributed by atoms with Gasteiger partial charge in [-0.1, -0.05) is 127 Å². The maximum Gasteiger partial charge on any atom is 0.343 e. The molecule has 0 aliphatic rings. The minimum absolute atomic E-state index is 0.127. The van der Waals surface area contributed by atoms with E-state index in [0.29, 0.717) is 35.5 Å². The molecule has 0 radical (unpaired) electrons. The number of ether oxygens (including phenoxy) is 2. The van der Waals surface area contributed by atoms with Gasteiger partial charge in [0.25, 0.3) is 0 Å². The van der Waals surface area contributed by atoms with Crippen LogP contribution in [0.1, 0.15) is 181 Å². The molecule has 0 aliphatic carbocycles. The molecule has 2 N–H and O–H groups in total. The molecule has 0 spiro atoms. The van der Waals surface area contributed by atoms with Gasteiger partial charge >= 0.3 is 11.9 Å². The zero-order chi connectivity index (χ0) is 42.3. The predicted molar refractivity (Wildman–Crippen MR) is 235 cm³/mol. The van der Waals surface area contributed by atoms with E-state index in [9.17, 15) is 19.8 Å². The SMILES string of the molecule is CCC(C)c1cc(C)cc(Cc2cccc(C(C)CC)c2OC(=O)c2ccc(C(=O)Oc3c(Cc4cc(C)cc(C(C)CC)c4O)cccc3C(C)CC)cc2)c1O. The van der Waals surface area contributed by atoms with Crippen LogP contribution in [0.5, 0.6) is 23.0 Å². The maximum atomic E-state index is 13.9. The number of phenols is 2. The molecule has 0 saturated heterocycles. The minimum atomic E-state index is -0.537. The van der Waals surface area contributed by atoms with E-state index in [0.717, 1.165) is 81.3 Å². The van der Waals surface area contributed by atoms with Crippen molar-refractivity contribution in [2.45, 2.75) is 131 Å². The highest BCUT2D eigenvalue weighted by Crippen LogP contribution is 2.40. The van der Waals surface area contributed by atoms with E-state index in [4.69, 9.17) is 9.47 Å². The summed E-state index contributed by atoms with van der Waals surface area (Å²) >= 11 is 0. The molecule has 0 amide bonds. The molecule has 58 heavy (non-hydrogen) atoms. The first-order chi connectivity index (χ1) is 27.7. The smallest absolute Gasteiger partial charge is 0.343 e. The van der Waals surface area contributed by atoms with Gasteiger partial charge < -0.3 is 19.7 Å². The van der Waals surface area contributed by atoms with Crippen LogP contribution in [-0.2, 0) is 12.8 Å². The molecule has 0 aromatic heterocycles. The van der Waals surface area contributed by atoms with E-state index in [-0.39, 0.29) is 35.2 Å². The number of aromatic hydroxyl groups is 2. The van der Waals surface area contributed by atoms with Crippen LogP contribution in [-0.4, -0.2) is 22.2 Å². The first-order valence-corrected chi connectivity index (χ1v) is 21.1. The number of benzene rings is 5. The Hall–Kier alpha value is -5.36. The quantitative estimate of drug-likeness (QED) is 0.0765. The van der Waals surface area contributed by atoms with Gasteiger partial charge in [0, 0.05) is 12.8 Å². The van der Waals surface area contributed by atoms with Gasteiger partial charge in [-0.25, -0.2) is 9.59 Å². The lowest BCUT2D eigenvalue weighted by molar-refractivity contribution is 0.0717. The van der Waals surface area contributed by atoms with Crippen molar-refractivity contribution >= 4 is 11.9 Å². The normalized spacial score (nSPS) is 13.4. The third-order valence-electron chi connectivity index (χ3n) is 12.1. The van der Waals surface area contributed by atoms with E-state index in [1.54, 1.807) is 24.3 Å². The second-order valence-electron chi connectivity index (χ2n) is 16.3. The van der Waals surface area contributed by atoms with Crippen molar-refractivity contribution in [2.24, 2.45) is 0 Å². The molecule has 4 atom stereocenters. The highest BCUT2D eigenvalue weighted by molar-refractivity contribution is 5.95. The first kappa shape index (κ1) is 43.8. The Morgan fingerprint density at radius 2 is 0.810 bits per heavy atom. The van der Waals surface area contributed by atoms with Crippen molar-refractivity contribution in [3.05, 3.63) is 152 Å². The number of hydrogen-bond acceptors (Lipinski definition) is 6. The molecule has 6 nitrogen and oxygen atoms in total. The summed E-state index contributed by atoms with van der Waals surface area (Å²) < 4.78 is 12.5. The Bertz CT molecular complexity index is 2070. The fourth-order valence-corrected chi connectivity index (χ4v) is 7.64. The van der Waals surface area contributed by atoms with Crippen molar-refractivity contribution in [1.29, 1.82) is 0 Å². The molecular formula is C52H62O6. The summed E-state index contributed by atoms with van der Waals surface area (Å²) in [4.78, 5) is 27.7. The average molecular weight is 783 g/mol. The molecule has 6 heteroatoms. The number of rotatable bonds is 16. The average Bonchev–Trinajstić information content (AvgIpc) is 3.22. The van der Waals surface area contributed by atoms with E-state index in [1.807, 2.05) is 74.5 Å². The largest absolute Gasteiger partial charge is 0.507 e. The second kappa shape index (κ2) is 19.4. The zero-order valence-electron chi connectivity index (χ0n) is 36.2. The predicted octanol–water partition coefficient (Wildman–Crippen LogP) is 13.4. The molecule has 0 heterocycles. The van der Waals surface area contributed by atoms with Gasteiger partial charge in [-0.3, -0.25) is 0 Å². The number of carbonyl (C=O) groups excluding carboxylic acids is 2. The highest BCUT2D eigenvalue weighted by atomic mass is 16.5. The maximum absolute atomic E-state index is 13.9. The Morgan fingerprint density at radius 1 is 0.483 bits per heavy atom. The molecule has 0 saturated carbocycles. The number of carbonyl (C=O) groups is 2. The molecule has 5 aromatic rings. The van der Waals surface area contributed by atoms with Gasteiger partial charge in [0.15, 0.2) is 0 Å². The Labute approximate surface area is 346 Å². The summed E-state index contributed by atoms with van der Waals surface area (Å²) in [5, 5.41) is 22.7. The van der Waals surface area contributed by atoms with Crippen LogP contribution in [0, 0.1) is 13.8 Å². The Morgan fingerprint density at radius 3 is 1.14 bits per heavy atom. The second-order valence-corrected chi connectivity index (χ2v) is 16.3. The molecular weight excluding hydrogens is 721 g/mol. The van der Waals surface area contributed by atoms with Gasteiger partial charge in [-0.2, -0.15) is 0 Å². The van der Waals surface area contributed by atoms with Crippen LogP contribution in [0.25, 0.3) is 0 Å². The summed E-state index contributed by atoms with van der Waals surface area (Å²) in [6.07, 6.45) is 4.32. The number of esters is 2. The van der Waals surface area contributed by atoms with Gasteiger partial charge in [-0.15, -0.1) is 0 Å². The van der Waals surface area contributed by atoms with Crippen molar-refractivity contribution in [3.63, 3.8) is 0 Å². The number of hydrogen-bond donors (Lipinski definition) is 2. The third-order valence-corrected chi connectivity index (χ3v) is 12.1. The molecule has 5 rings (SSSR count). The lowest BCUT2D eigenvalue weighted by atomic mass is 9.89. The van der Waals surface area contributed by atoms with Crippen LogP contribution in [0.4, 0.5) is 0 Å². The van der Waals surface area contributed by atoms with Crippen molar-refractivity contribution in [1.82, 2.24) is 0 Å². The number of para-hydroxylation sites is 2. The summed E-state index contributed by atoms with van der Waals surface area (Å²) in [6.45, 7) is 21.0. The monoisotopic (exact) mass is 782 g/mol. The molecule has 5 aromatic carbocycles. The van der Waals surface area contributed by atoms with Gasteiger partial charge in [0.05, 0.1) is 11.1 Å². The number of phenolic OH excluding ortho intramolecular Hbond substituents is 2. The van der Waals surface area contributed by atoms with Crippen LogP contribution >= 0.6 is 0 Å². The summed E-state index contributed by atoms with van der Waals surface area (Å²) in [7, 11) is 0. The molecule has 0 aliphatic heterocycles. The minimum Gasteiger partial charge on any atom is -0.507 e. The van der Waals surface area contributed by atoms with E-state index < -0.39 is 11.9 Å². The standard InChI is InChI=1S/C52H62O6/c1-11-33(7)43-19-15-17-39(29-41-25-31(5)27-45(47(41)53)35(9)13-3)49(43)57-51(55)37-21-23-38(24-22-37)52(56)58-50-40(18-16-20-44(50)34(8)12-2)30-42-26-32(6)28-46(48(42)54)36(10)14-4/h15-28,33-36,53-54H,11-14,29-30H2,1-10H3. The molecule has 4 unspecified atom stereocenters. The third kappa shape index (κ3) is 9.83.